The molecule has 3 N–H and O–H groups in total. The second-order valence-corrected chi connectivity index (χ2v) is 6.03. The Balaban J connectivity index is 1.80. The SMILES string of the molecule is O/N=C(/c1cc(/C(=N/O)N2CC2)cc(/C(=N\O)N2CC2)c1)N1CC1. The van der Waals surface area contributed by atoms with E-state index in [9.17, 15) is 15.6 Å². The van der Waals surface area contributed by atoms with E-state index in [2.05, 4.69) is 15.5 Å². The molecule has 0 unspecified atom stereocenters. The van der Waals surface area contributed by atoms with Crippen LogP contribution >= 0.6 is 0 Å². The molecule has 0 aromatic heterocycles. The highest BCUT2D eigenvalue weighted by atomic mass is 16.4. The minimum absolute atomic E-state index is 0.462. The Hall–Kier alpha value is -2.97. The first-order chi connectivity index (χ1) is 11.7. The third kappa shape index (κ3) is 2.68. The average molecular weight is 330 g/mol. The van der Waals surface area contributed by atoms with Gasteiger partial charge in [-0.3, -0.25) is 0 Å². The standard InChI is InChI=1S/C15H18N6O3/c22-16-13(19-1-2-19)10-7-11(14(17-23)20-3-4-20)9-12(8-10)15(18-24)21-5-6-21/h7-9,22-24H,1-6H2/b16-13-,17-14-,18-15+. The van der Waals surface area contributed by atoms with Crippen LogP contribution in [0.3, 0.4) is 0 Å². The highest BCUT2D eigenvalue weighted by molar-refractivity contribution is 6.09. The molecule has 1 aromatic rings. The van der Waals surface area contributed by atoms with Crippen LogP contribution in [0.4, 0.5) is 0 Å². The van der Waals surface area contributed by atoms with Gasteiger partial charge in [-0.25, -0.2) is 0 Å². The summed E-state index contributed by atoms with van der Waals surface area (Å²) in [7, 11) is 0. The van der Waals surface area contributed by atoms with Gasteiger partial charge in [0.2, 0.25) is 0 Å². The molecular weight excluding hydrogens is 312 g/mol. The number of amidine groups is 3. The van der Waals surface area contributed by atoms with Crippen LogP contribution < -0.4 is 0 Å². The maximum atomic E-state index is 9.37. The smallest absolute Gasteiger partial charge is 0.175 e. The fourth-order valence-corrected chi connectivity index (χ4v) is 2.71. The molecule has 9 heteroatoms. The molecule has 3 aliphatic rings. The first-order valence-corrected chi connectivity index (χ1v) is 7.82. The maximum Gasteiger partial charge on any atom is 0.175 e. The second kappa shape index (κ2) is 5.59. The molecule has 0 radical (unpaired) electrons. The summed E-state index contributed by atoms with van der Waals surface area (Å²) >= 11 is 0. The number of rotatable bonds is 3. The number of nitrogens with zero attached hydrogens (tertiary/aromatic N) is 6. The van der Waals surface area contributed by atoms with E-state index in [1.165, 1.54) is 0 Å². The van der Waals surface area contributed by atoms with Crippen molar-refractivity contribution in [2.75, 3.05) is 39.3 Å². The maximum absolute atomic E-state index is 9.37. The fourth-order valence-electron chi connectivity index (χ4n) is 2.71. The lowest BCUT2D eigenvalue weighted by atomic mass is 10.0. The Labute approximate surface area is 138 Å². The second-order valence-electron chi connectivity index (χ2n) is 6.03. The van der Waals surface area contributed by atoms with Crippen molar-refractivity contribution in [3.05, 3.63) is 34.9 Å². The van der Waals surface area contributed by atoms with Crippen molar-refractivity contribution in [1.82, 2.24) is 14.7 Å². The van der Waals surface area contributed by atoms with Crippen molar-refractivity contribution in [3.8, 4) is 0 Å². The first kappa shape index (κ1) is 14.6. The van der Waals surface area contributed by atoms with Crippen LogP contribution in [-0.4, -0.2) is 87.1 Å². The Bertz CT molecular complexity index is 635. The first-order valence-electron chi connectivity index (χ1n) is 7.82. The van der Waals surface area contributed by atoms with E-state index in [-0.39, 0.29) is 0 Å². The van der Waals surface area contributed by atoms with E-state index in [1.807, 2.05) is 32.9 Å². The summed E-state index contributed by atoms with van der Waals surface area (Å²) in [5.74, 6) is 1.39. The lowest BCUT2D eigenvalue weighted by molar-refractivity contribution is 0.314. The molecule has 0 saturated carbocycles. The molecular formula is C15H18N6O3. The van der Waals surface area contributed by atoms with Gasteiger partial charge >= 0.3 is 0 Å². The van der Waals surface area contributed by atoms with Crippen molar-refractivity contribution >= 4 is 17.5 Å². The van der Waals surface area contributed by atoms with Gasteiger partial charge in [-0.05, 0) is 18.2 Å². The van der Waals surface area contributed by atoms with Gasteiger partial charge < -0.3 is 30.3 Å². The van der Waals surface area contributed by atoms with Gasteiger partial charge in [0.15, 0.2) is 17.5 Å². The molecule has 4 rings (SSSR count). The Kier molecular flexibility index (Phi) is 3.40. The van der Waals surface area contributed by atoms with Crippen molar-refractivity contribution in [2.24, 2.45) is 15.5 Å². The summed E-state index contributed by atoms with van der Waals surface area (Å²) < 4.78 is 0. The fraction of sp³-hybridized carbons (Fsp3) is 0.400. The van der Waals surface area contributed by atoms with Crippen LogP contribution in [0.2, 0.25) is 0 Å². The van der Waals surface area contributed by atoms with Gasteiger partial charge in [0, 0.05) is 56.0 Å². The minimum Gasteiger partial charge on any atom is -0.409 e. The van der Waals surface area contributed by atoms with E-state index < -0.39 is 0 Å². The van der Waals surface area contributed by atoms with Crippen molar-refractivity contribution in [3.63, 3.8) is 0 Å². The largest absolute Gasteiger partial charge is 0.409 e. The number of hydrogen-bond donors (Lipinski definition) is 3. The van der Waals surface area contributed by atoms with Crippen molar-refractivity contribution in [1.29, 1.82) is 0 Å². The minimum atomic E-state index is 0.462. The van der Waals surface area contributed by atoms with Crippen LogP contribution in [0.1, 0.15) is 16.7 Å². The third-order valence-corrected chi connectivity index (χ3v) is 4.23. The summed E-state index contributed by atoms with van der Waals surface area (Å²) in [5.41, 5.74) is 2.07. The molecule has 1 aromatic carbocycles. The number of oxime groups is 3. The Morgan fingerprint density at radius 3 is 1.00 bits per heavy atom. The zero-order valence-electron chi connectivity index (χ0n) is 13.0. The van der Waals surface area contributed by atoms with E-state index in [1.54, 1.807) is 0 Å². The topological polar surface area (TPSA) is 107 Å². The molecule has 9 nitrogen and oxygen atoms in total. The Morgan fingerprint density at radius 2 is 0.833 bits per heavy atom. The molecule has 3 fully saturated rings. The molecule has 0 amide bonds. The molecule has 0 spiro atoms. The van der Waals surface area contributed by atoms with E-state index in [0.717, 1.165) is 39.3 Å². The highest BCUT2D eigenvalue weighted by Gasteiger charge is 2.30. The molecule has 0 aliphatic carbocycles. The Morgan fingerprint density at radius 1 is 0.583 bits per heavy atom. The molecule has 24 heavy (non-hydrogen) atoms. The predicted molar refractivity (Wildman–Crippen MR) is 86.1 cm³/mol. The van der Waals surface area contributed by atoms with Gasteiger partial charge in [-0.1, -0.05) is 15.5 Å². The molecule has 3 heterocycles. The van der Waals surface area contributed by atoms with Gasteiger partial charge in [0.05, 0.1) is 0 Å². The van der Waals surface area contributed by atoms with Gasteiger partial charge in [0.1, 0.15) is 0 Å². The molecule has 3 aliphatic heterocycles. The summed E-state index contributed by atoms with van der Waals surface area (Å²) in [6.45, 7) is 4.99. The number of benzene rings is 1. The van der Waals surface area contributed by atoms with Gasteiger partial charge in [-0.2, -0.15) is 0 Å². The quantitative estimate of drug-likeness (QED) is 0.237. The number of hydrogen-bond acceptors (Lipinski definition) is 6. The van der Waals surface area contributed by atoms with Crippen LogP contribution in [0.25, 0.3) is 0 Å². The normalized spacial score (nSPS) is 20.5. The van der Waals surface area contributed by atoms with Crippen molar-refractivity contribution < 1.29 is 15.6 Å². The molecule has 126 valence electrons. The summed E-state index contributed by atoms with van der Waals surface area (Å²) in [4.78, 5) is 5.76. The van der Waals surface area contributed by atoms with Crippen molar-refractivity contribution in [2.45, 2.75) is 0 Å². The lowest BCUT2D eigenvalue weighted by Gasteiger charge is -2.14. The lowest BCUT2D eigenvalue weighted by Crippen LogP contribution is -2.20. The average Bonchev–Trinajstić information content (AvgIpc) is 3.42. The summed E-state index contributed by atoms with van der Waals surface area (Å²) in [6, 6.07) is 5.46. The summed E-state index contributed by atoms with van der Waals surface area (Å²) in [6.07, 6.45) is 0. The van der Waals surface area contributed by atoms with Crippen LogP contribution in [0, 0.1) is 0 Å². The van der Waals surface area contributed by atoms with Gasteiger partial charge in [0.25, 0.3) is 0 Å². The molecule has 3 saturated heterocycles. The monoisotopic (exact) mass is 330 g/mol. The van der Waals surface area contributed by atoms with Crippen LogP contribution in [0.15, 0.2) is 33.7 Å². The van der Waals surface area contributed by atoms with Crippen LogP contribution in [0.5, 0.6) is 0 Å². The zero-order valence-corrected chi connectivity index (χ0v) is 13.0. The molecule has 0 bridgehead atoms. The van der Waals surface area contributed by atoms with E-state index >= 15 is 0 Å². The zero-order chi connectivity index (χ0) is 16.7. The van der Waals surface area contributed by atoms with E-state index in [0.29, 0.717) is 34.2 Å². The summed E-state index contributed by atoms with van der Waals surface area (Å²) in [5, 5.41) is 38.3. The van der Waals surface area contributed by atoms with Gasteiger partial charge in [-0.15, -0.1) is 0 Å². The highest BCUT2D eigenvalue weighted by Crippen LogP contribution is 2.23. The third-order valence-electron chi connectivity index (χ3n) is 4.23. The predicted octanol–water partition coefficient (Wildman–Crippen LogP) is 0.0408. The molecule has 0 atom stereocenters. The van der Waals surface area contributed by atoms with E-state index in [4.69, 9.17) is 0 Å². The van der Waals surface area contributed by atoms with Crippen LogP contribution in [-0.2, 0) is 0 Å².